The van der Waals surface area contributed by atoms with Crippen LogP contribution in [0.3, 0.4) is 0 Å². The monoisotopic (exact) mass is 536 g/mol. The summed E-state index contributed by atoms with van der Waals surface area (Å²) in [4.78, 5) is 12.9. The van der Waals surface area contributed by atoms with Crippen LogP contribution in [0.4, 0.5) is 0 Å². The Labute approximate surface area is 241 Å². The fourth-order valence-electron chi connectivity index (χ4n) is 6.24. The molecule has 0 saturated heterocycles. The van der Waals surface area contributed by atoms with Gasteiger partial charge in [-0.3, -0.25) is 4.79 Å². The van der Waals surface area contributed by atoms with Gasteiger partial charge in [0.25, 0.3) is 0 Å². The summed E-state index contributed by atoms with van der Waals surface area (Å²) in [7, 11) is 0. The van der Waals surface area contributed by atoms with Crippen molar-refractivity contribution in [2.45, 2.75) is 220 Å². The van der Waals surface area contributed by atoms with E-state index in [0.717, 1.165) is 19.3 Å². The zero-order chi connectivity index (χ0) is 28.0. The summed E-state index contributed by atoms with van der Waals surface area (Å²) in [5.41, 5.74) is 5.93. The molecule has 0 bridgehead atoms. The molecule has 38 heavy (non-hydrogen) atoms. The molecule has 0 heterocycles. The normalized spacial score (nSPS) is 11.9. The van der Waals surface area contributed by atoms with Crippen LogP contribution in [0.5, 0.6) is 0 Å². The van der Waals surface area contributed by atoms with E-state index in [1.54, 1.807) is 0 Å². The fraction of sp³-hybridized carbons (Fsp3) is 0.972. The van der Waals surface area contributed by atoms with E-state index in [1.807, 2.05) is 0 Å². The first-order valence-electron chi connectivity index (χ1n) is 17.9. The van der Waals surface area contributed by atoms with E-state index < -0.39 is 0 Å². The van der Waals surface area contributed by atoms with Crippen molar-refractivity contribution in [3.8, 4) is 0 Å². The molecule has 0 aromatic carbocycles. The number of nitrogens with two attached hydrogens (primary N) is 1. The number of hydrogen-bond acceptors (Lipinski definition) is 1. The van der Waals surface area contributed by atoms with Crippen molar-refractivity contribution >= 4 is 5.91 Å². The first-order chi connectivity index (χ1) is 18.6. The maximum absolute atomic E-state index is 12.9. The van der Waals surface area contributed by atoms with Gasteiger partial charge in [-0.2, -0.15) is 0 Å². The summed E-state index contributed by atoms with van der Waals surface area (Å²) in [5.74, 6) is 0.00599. The summed E-state index contributed by atoms with van der Waals surface area (Å²) in [6.45, 7) is 6.86. The molecule has 0 atom stereocenters. The minimum absolute atomic E-state index is 0.00599. The van der Waals surface area contributed by atoms with Crippen LogP contribution in [-0.2, 0) is 4.79 Å². The van der Waals surface area contributed by atoms with Crippen molar-refractivity contribution in [1.82, 2.24) is 0 Å². The molecule has 0 fully saturated rings. The molecule has 0 aliphatic carbocycles. The number of unbranched alkanes of at least 4 members (excludes halogenated alkanes) is 25. The summed E-state index contributed by atoms with van der Waals surface area (Å²) in [6.07, 6.45) is 40.8. The Morgan fingerprint density at radius 2 is 0.553 bits per heavy atom. The Bertz CT molecular complexity index is 454. The van der Waals surface area contributed by atoms with E-state index in [2.05, 4.69) is 20.8 Å². The minimum atomic E-state index is -0.233. The van der Waals surface area contributed by atoms with Gasteiger partial charge < -0.3 is 5.73 Å². The highest BCUT2D eigenvalue weighted by molar-refractivity contribution is 5.80. The molecule has 0 aliphatic rings. The van der Waals surface area contributed by atoms with Crippen molar-refractivity contribution < 1.29 is 4.79 Å². The van der Waals surface area contributed by atoms with Gasteiger partial charge in [-0.15, -0.1) is 0 Å². The number of carbonyl (C=O) groups excluding carboxylic acids is 1. The Morgan fingerprint density at radius 1 is 0.368 bits per heavy atom. The van der Waals surface area contributed by atoms with Gasteiger partial charge in [0.1, 0.15) is 0 Å². The summed E-state index contributed by atoms with van der Waals surface area (Å²) < 4.78 is 0. The predicted molar refractivity (Wildman–Crippen MR) is 172 cm³/mol. The van der Waals surface area contributed by atoms with Crippen molar-refractivity contribution in [3.63, 3.8) is 0 Å². The Balaban J connectivity index is 4.35. The second kappa shape index (κ2) is 29.5. The molecule has 0 rings (SSSR count). The van der Waals surface area contributed by atoms with E-state index in [-0.39, 0.29) is 11.3 Å². The average Bonchev–Trinajstić information content (AvgIpc) is 2.91. The lowest BCUT2D eigenvalue weighted by Gasteiger charge is -2.31. The maximum Gasteiger partial charge on any atom is 0.223 e. The number of rotatable bonds is 32. The molecule has 0 unspecified atom stereocenters. The second-order valence-corrected chi connectivity index (χ2v) is 12.7. The third-order valence-electron chi connectivity index (χ3n) is 9.05. The van der Waals surface area contributed by atoms with Crippen molar-refractivity contribution in [2.24, 2.45) is 11.1 Å². The summed E-state index contributed by atoms with van der Waals surface area (Å²) in [5, 5.41) is 0. The first kappa shape index (κ1) is 37.5. The lowest BCUT2D eigenvalue weighted by Crippen LogP contribution is -2.37. The van der Waals surface area contributed by atoms with Gasteiger partial charge in [-0.25, -0.2) is 0 Å². The highest BCUT2D eigenvalue weighted by atomic mass is 16.1. The molecule has 0 radical (unpaired) electrons. The van der Waals surface area contributed by atoms with E-state index in [1.165, 1.54) is 180 Å². The van der Waals surface area contributed by atoms with E-state index in [0.29, 0.717) is 0 Å². The van der Waals surface area contributed by atoms with Gasteiger partial charge in [-0.05, 0) is 19.3 Å². The van der Waals surface area contributed by atoms with Crippen molar-refractivity contribution in [2.75, 3.05) is 0 Å². The third-order valence-corrected chi connectivity index (χ3v) is 9.05. The Kier molecular flexibility index (Phi) is 29.0. The largest absolute Gasteiger partial charge is 0.369 e. The van der Waals surface area contributed by atoms with Gasteiger partial charge in [0, 0.05) is 5.41 Å². The first-order valence-corrected chi connectivity index (χ1v) is 17.9. The van der Waals surface area contributed by atoms with Gasteiger partial charge in [0.15, 0.2) is 0 Å². The third kappa shape index (κ3) is 23.4. The number of hydrogen-bond donors (Lipinski definition) is 1. The van der Waals surface area contributed by atoms with Crippen LogP contribution in [0.25, 0.3) is 0 Å². The Hall–Kier alpha value is -0.530. The standard InChI is InChI=1S/C36H73NO/c1-4-7-10-13-16-19-20-21-22-25-28-31-34-36(35(37)38,32-29-26-23-17-14-11-8-5-2)33-30-27-24-18-15-12-9-6-3/h4-34H2,1-3H3,(H2,37,38). The smallest absolute Gasteiger partial charge is 0.223 e. The molecular weight excluding hydrogens is 462 g/mol. The molecule has 1 amide bonds. The van der Waals surface area contributed by atoms with Crippen LogP contribution >= 0.6 is 0 Å². The Morgan fingerprint density at radius 3 is 0.737 bits per heavy atom. The molecule has 0 aliphatic heterocycles. The summed E-state index contributed by atoms with van der Waals surface area (Å²) >= 11 is 0. The van der Waals surface area contributed by atoms with E-state index in [4.69, 9.17) is 5.73 Å². The highest BCUT2D eigenvalue weighted by Gasteiger charge is 2.34. The summed E-state index contributed by atoms with van der Waals surface area (Å²) in [6, 6.07) is 0. The van der Waals surface area contributed by atoms with Gasteiger partial charge in [0.2, 0.25) is 5.91 Å². The van der Waals surface area contributed by atoms with Crippen LogP contribution in [0.2, 0.25) is 0 Å². The van der Waals surface area contributed by atoms with Crippen LogP contribution in [0.1, 0.15) is 220 Å². The van der Waals surface area contributed by atoms with Crippen molar-refractivity contribution in [3.05, 3.63) is 0 Å². The van der Waals surface area contributed by atoms with Gasteiger partial charge in [-0.1, -0.05) is 201 Å². The topological polar surface area (TPSA) is 43.1 Å². The molecule has 0 saturated carbocycles. The van der Waals surface area contributed by atoms with Gasteiger partial charge >= 0.3 is 0 Å². The van der Waals surface area contributed by atoms with Crippen LogP contribution in [0.15, 0.2) is 0 Å². The van der Waals surface area contributed by atoms with Gasteiger partial charge in [0.05, 0.1) is 0 Å². The van der Waals surface area contributed by atoms with E-state index >= 15 is 0 Å². The van der Waals surface area contributed by atoms with Crippen LogP contribution in [-0.4, -0.2) is 5.91 Å². The predicted octanol–water partition coefficient (Wildman–Crippen LogP) is 12.6. The molecule has 228 valence electrons. The second-order valence-electron chi connectivity index (χ2n) is 12.7. The number of amides is 1. The zero-order valence-corrected chi connectivity index (χ0v) is 26.9. The lowest BCUT2D eigenvalue weighted by atomic mass is 9.73. The minimum Gasteiger partial charge on any atom is -0.369 e. The molecule has 0 aromatic rings. The highest BCUT2D eigenvalue weighted by Crippen LogP contribution is 2.37. The van der Waals surface area contributed by atoms with Crippen LogP contribution in [0, 0.1) is 5.41 Å². The zero-order valence-electron chi connectivity index (χ0n) is 26.9. The maximum atomic E-state index is 12.9. The molecule has 2 heteroatoms. The molecule has 0 spiro atoms. The molecular formula is C36H73NO. The van der Waals surface area contributed by atoms with Crippen molar-refractivity contribution in [1.29, 1.82) is 0 Å². The molecule has 2 N–H and O–H groups in total. The lowest BCUT2D eigenvalue weighted by molar-refractivity contribution is -0.129. The number of primary amides is 1. The number of carbonyl (C=O) groups is 1. The van der Waals surface area contributed by atoms with E-state index in [9.17, 15) is 4.79 Å². The fourth-order valence-corrected chi connectivity index (χ4v) is 6.24. The SMILES string of the molecule is CCCCCCCCCCCCCCC(CCCCCCCCCC)(CCCCCCCCCC)C(N)=O. The quantitative estimate of drug-likeness (QED) is 0.0855. The molecule has 0 aromatic heterocycles. The molecule has 2 nitrogen and oxygen atoms in total. The average molecular weight is 536 g/mol. The van der Waals surface area contributed by atoms with Crippen LogP contribution < -0.4 is 5.73 Å².